The SMILES string of the molecule is CC(C)(C)c1ccc2cc3ccccc3cc2c1-c1ccc(Nc2ccc(-c3ccc(-c4cccc5[nH]c6ccccc6c45)cc3)cc2)cc1. The lowest BCUT2D eigenvalue weighted by atomic mass is 9.79. The third-order valence-corrected chi connectivity index (χ3v) is 10.1. The van der Waals surface area contributed by atoms with E-state index in [2.05, 4.69) is 195 Å². The van der Waals surface area contributed by atoms with E-state index in [1.54, 1.807) is 0 Å². The van der Waals surface area contributed by atoms with Gasteiger partial charge in [-0.1, -0.05) is 136 Å². The van der Waals surface area contributed by atoms with E-state index in [-0.39, 0.29) is 5.41 Å². The highest BCUT2D eigenvalue weighted by Crippen LogP contribution is 2.41. The topological polar surface area (TPSA) is 27.8 Å². The Morgan fingerprint density at radius 3 is 1.72 bits per heavy atom. The molecule has 0 unspecified atom stereocenters. The van der Waals surface area contributed by atoms with E-state index in [1.807, 2.05) is 0 Å². The molecule has 1 aromatic heterocycles. The number of para-hydroxylation sites is 1. The van der Waals surface area contributed by atoms with E-state index in [0.29, 0.717) is 0 Å². The molecular formula is C48H38N2. The van der Waals surface area contributed by atoms with Crippen LogP contribution in [-0.4, -0.2) is 4.98 Å². The van der Waals surface area contributed by atoms with Crippen LogP contribution in [0.5, 0.6) is 0 Å². The van der Waals surface area contributed by atoms with Crippen LogP contribution in [0.4, 0.5) is 11.4 Å². The van der Waals surface area contributed by atoms with Gasteiger partial charge in [0.05, 0.1) is 0 Å². The standard InChI is InChI=1S/C48H38N2/c1-48(2,3)43-28-23-37-29-35-9-4-5-10-36(35)30-42(37)46(43)34-21-26-39(27-22-34)49-38-24-19-32(20-25-38)31-15-17-33(18-16-31)40-12-8-14-45-47(40)41-11-6-7-13-44(41)50-45/h4-30,49-50H,1-3H3. The normalized spacial score (nSPS) is 11.9. The second kappa shape index (κ2) is 11.8. The number of fused-ring (bicyclic) bond motifs is 5. The Bertz CT molecular complexity index is 2670. The molecule has 0 aliphatic heterocycles. The van der Waals surface area contributed by atoms with Crippen LogP contribution in [0.3, 0.4) is 0 Å². The highest BCUT2D eigenvalue weighted by Gasteiger charge is 2.21. The summed E-state index contributed by atoms with van der Waals surface area (Å²) in [6.07, 6.45) is 0. The van der Waals surface area contributed by atoms with Crippen molar-refractivity contribution >= 4 is 54.7 Å². The molecule has 2 nitrogen and oxygen atoms in total. The first-order chi connectivity index (χ1) is 24.4. The summed E-state index contributed by atoms with van der Waals surface area (Å²) in [6, 6.07) is 59.5. The smallest absolute Gasteiger partial charge is 0.0471 e. The largest absolute Gasteiger partial charge is 0.356 e. The van der Waals surface area contributed by atoms with Crippen molar-refractivity contribution in [2.75, 3.05) is 5.32 Å². The minimum absolute atomic E-state index is 0.0133. The summed E-state index contributed by atoms with van der Waals surface area (Å²) >= 11 is 0. The van der Waals surface area contributed by atoms with E-state index in [0.717, 1.165) is 11.4 Å². The summed E-state index contributed by atoms with van der Waals surface area (Å²) in [6.45, 7) is 6.91. The van der Waals surface area contributed by atoms with Gasteiger partial charge in [0.1, 0.15) is 0 Å². The summed E-state index contributed by atoms with van der Waals surface area (Å²) in [7, 11) is 0. The molecule has 0 aliphatic carbocycles. The van der Waals surface area contributed by atoms with Crippen molar-refractivity contribution in [3.05, 3.63) is 169 Å². The highest BCUT2D eigenvalue weighted by molar-refractivity contribution is 6.14. The third-order valence-electron chi connectivity index (χ3n) is 10.1. The minimum atomic E-state index is 0.0133. The maximum absolute atomic E-state index is 3.62. The molecule has 0 saturated heterocycles. The second-order valence-corrected chi connectivity index (χ2v) is 14.4. The van der Waals surface area contributed by atoms with Crippen molar-refractivity contribution in [2.45, 2.75) is 26.2 Å². The third kappa shape index (κ3) is 5.30. The Kier molecular flexibility index (Phi) is 7.07. The Labute approximate surface area is 293 Å². The number of aromatic nitrogens is 1. The fourth-order valence-corrected chi connectivity index (χ4v) is 7.57. The summed E-state index contributed by atoms with van der Waals surface area (Å²) in [4.78, 5) is 3.57. The van der Waals surface area contributed by atoms with E-state index in [4.69, 9.17) is 0 Å². The quantitative estimate of drug-likeness (QED) is 0.180. The molecule has 0 bridgehead atoms. The Morgan fingerprint density at radius 1 is 0.440 bits per heavy atom. The molecule has 0 aliphatic rings. The number of hydrogen-bond donors (Lipinski definition) is 2. The number of H-pyrrole nitrogens is 1. The van der Waals surface area contributed by atoms with E-state index < -0.39 is 0 Å². The minimum Gasteiger partial charge on any atom is -0.356 e. The van der Waals surface area contributed by atoms with Gasteiger partial charge in [0, 0.05) is 33.2 Å². The van der Waals surface area contributed by atoms with Crippen LogP contribution in [0.15, 0.2) is 164 Å². The summed E-state index contributed by atoms with van der Waals surface area (Å²) < 4.78 is 0. The fraction of sp³-hybridized carbons (Fsp3) is 0.0833. The van der Waals surface area contributed by atoms with Crippen molar-refractivity contribution in [1.29, 1.82) is 0 Å². The number of hydrogen-bond acceptors (Lipinski definition) is 1. The zero-order valence-corrected chi connectivity index (χ0v) is 28.6. The van der Waals surface area contributed by atoms with Crippen molar-refractivity contribution in [2.24, 2.45) is 0 Å². The van der Waals surface area contributed by atoms with Gasteiger partial charge in [-0.25, -0.2) is 0 Å². The van der Waals surface area contributed by atoms with Crippen LogP contribution in [0.2, 0.25) is 0 Å². The molecule has 9 rings (SSSR count). The first kappa shape index (κ1) is 30.0. The van der Waals surface area contributed by atoms with E-state index in [1.165, 1.54) is 82.3 Å². The van der Waals surface area contributed by atoms with Crippen molar-refractivity contribution in [1.82, 2.24) is 4.98 Å². The molecule has 50 heavy (non-hydrogen) atoms. The zero-order chi connectivity index (χ0) is 33.8. The monoisotopic (exact) mass is 642 g/mol. The Morgan fingerprint density at radius 2 is 1.02 bits per heavy atom. The van der Waals surface area contributed by atoms with E-state index >= 15 is 0 Å². The van der Waals surface area contributed by atoms with Gasteiger partial charge in [0.25, 0.3) is 0 Å². The molecule has 240 valence electrons. The number of anilines is 2. The Hall–Kier alpha value is -6.12. The lowest BCUT2D eigenvalue weighted by Gasteiger charge is -2.25. The van der Waals surface area contributed by atoms with Crippen LogP contribution in [-0.2, 0) is 5.41 Å². The maximum atomic E-state index is 3.62. The molecule has 0 radical (unpaired) electrons. The van der Waals surface area contributed by atoms with Gasteiger partial charge in [-0.2, -0.15) is 0 Å². The molecule has 9 aromatic rings. The van der Waals surface area contributed by atoms with Crippen LogP contribution >= 0.6 is 0 Å². The molecule has 2 N–H and O–H groups in total. The maximum Gasteiger partial charge on any atom is 0.0471 e. The first-order valence-electron chi connectivity index (χ1n) is 17.4. The predicted octanol–water partition coefficient (Wildman–Crippen LogP) is 13.7. The van der Waals surface area contributed by atoms with Crippen LogP contribution in [0, 0.1) is 0 Å². The molecule has 0 fully saturated rings. The zero-order valence-electron chi connectivity index (χ0n) is 28.6. The van der Waals surface area contributed by atoms with Crippen LogP contribution < -0.4 is 5.32 Å². The summed E-state index contributed by atoms with van der Waals surface area (Å²) in [5.74, 6) is 0. The summed E-state index contributed by atoms with van der Waals surface area (Å²) in [5, 5.41) is 11.3. The molecule has 1 heterocycles. The average Bonchev–Trinajstić information content (AvgIpc) is 3.53. The van der Waals surface area contributed by atoms with Gasteiger partial charge < -0.3 is 10.3 Å². The lowest BCUT2D eigenvalue weighted by Crippen LogP contribution is -2.13. The lowest BCUT2D eigenvalue weighted by molar-refractivity contribution is 0.593. The van der Waals surface area contributed by atoms with Gasteiger partial charge in [-0.15, -0.1) is 0 Å². The molecular weight excluding hydrogens is 605 g/mol. The van der Waals surface area contributed by atoms with Gasteiger partial charge in [-0.3, -0.25) is 0 Å². The van der Waals surface area contributed by atoms with Crippen molar-refractivity contribution in [3.63, 3.8) is 0 Å². The molecule has 0 spiro atoms. The van der Waals surface area contributed by atoms with Gasteiger partial charge in [-0.05, 0) is 114 Å². The van der Waals surface area contributed by atoms with Gasteiger partial charge in [0.2, 0.25) is 0 Å². The van der Waals surface area contributed by atoms with Gasteiger partial charge in [0.15, 0.2) is 0 Å². The first-order valence-corrected chi connectivity index (χ1v) is 17.4. The van der Waals surface area contributed by atoms with Crippen molar-refractivity contribution < 1.29 is 0 Å². The van der Waals surface area contributed by atoms with Crippen LogP contribution in [0.1, 0.15) is 26.3 Å². The predicted molar refractivity (Wildman–Crippen MR) is 216 cm³/mol. The fourth-order valence-electron chi connectivity index (χ4n) is 7.57. The molecule has 8 aromatic carbocycles. The number of aromatic amines is 1. The van der Waals surface area contributed by atoms with E-state index in [9.17, 15) is 0 Å². The number of benzene rings is 8. The number of nitrogens with one attached hydrogen (secondary N) is 2. The molecule has 0 amide bonds. The summed E-state index contributed by atoms with van der Waals surface area (Å²) in [5.41, 5.74) is 13.3. The van der Waals surface area contributed by atoms with Gasteiger partial charge >= 0.3 is 0 Å². The van der Waals surface area contributed by atoms with Crippen molar-refractivity contribution in [3.8, 4) is 33.4 Å². The molecule has 2 heteroatoms. The molecule has 0 atom stereocenters. The highest BCUT2D eigenvalue weighted by atomic mass is 14.9. The number of rotatable bonds is 5. The second-order valence-electron chi connectivity index (χ2n) is 14.4. The molecule has 0 saturated carbocycles. The Balaban J connectivity index is 0.971. The van der Waals surface area contributed by atoms with Crippen LogP contribution in [0.25, 0.3) is 76.7 Å². The average molecular weight is 643 g/mol.